The second-order valence-electron chi connectivity index (χ2n) is 4.49. The molecule has 0 aliphatic carbocycles. The molecule has 0 saturated carbocycles. The molecule has 2 unspecified atom stereocenters. The molecule has 2 atom stereocenters. The van der Waals surface area contributed by atoms with Crippen LogP contribution in [0.15, 0.2) is 18.2 Å². The molecule has 0 aliphatic heterocycles. The molecule has 0 aliphatic rings. The van der Waals surface area contributed by atoms with Gasteiger partial charge in [-0.15, -0.1) is 0 Å². The van der Waals surface area contributed by atoms with Crippen molar-refractivity contribution in [2.75, 3.05) is 0 Å². The van der Waals surface area contributed by atoms with Gasteiger partial charge in [0.2, 0.25) is 0 Å². The van der Waals surface area contributed by atoms with Gasteiger partial charge in [0.25, 0.3) is 0 Å². The van der Waals surface area contributed by atoms with E-state index in [1.165, 1.54) is 18.4 Å². The van der Waals surface area contributed by atoms with Crippen LogP contribution in [0.25, 0.3) is 0 Å². The topological polar surface area (TPSA) is 12.0 Å². The Hall–Kier alpha value is -0.240. The van der Waals surface area contributed by atoms with E-state index in [1.54, 1.807) is 0 Å². The Labute approximate surface area is 115 Å². The first-order chi connectivity index (χ1) is 8.08. The summed E-state index contributed by atoms with van der Waals surface area (Å²) in [6.07, 6.45) is 3.44. The minimum absolute atomic E-state index is 0.353. The summed E-state index contributed by atoms with van der Waals surface area (Å²) in [5, 5.41) is 4.88. The molecule has 1 nitrogen and oxygen atoms in total. The zero-order chi connectivity index (χ0) is 12.8. The van der Waals surface area contributed by atoms with E-state index in [1.807, 2.05) is 18.2 Å². The molecule has 0 radical (unpaired) electrons. The van der Waals surface area contributed by atoms with E-state index < -0.39 is 0 Å². The van der Waals surface area contributed by atoms with Gasteiger partial charge in [-0.05, 0) is 37.5 Å². The maximum absolute atomic E-state index is 6.05. The van der Waals surface area contributed by atoms with Crippen molar-refractivity contribution in [3.63, 3.8) is 0 Å². The van der Waals surface area contributed by atoms with E-state index in [4.69, 9.17) is 23.2 Å². The van der Waals surface area contributed by atoms with Gasteiger partial charge in [0.15, 0.2) is 0 Å². The first-order valence-electron chi connectivity index (χ1n) is 6.29. The van der Waals surface area contributed by atoms with Crippen molar-refractivity contribution in [2.24, 2.45) is 0 Å². The Morgan fingerprint density at radius 3 is 2.41 bits per heavy atom. The van der Waals surface area contributed by atoms with Gasteiger partial charge in [-0.1, -0.05) is 49.5 Å². The molecule has 0 fully saturated rings. The van der Waals surface area contributed by atoms with E-state index in [0.717, 1.165) is 6.42 Å². The molecule has 17 heavy (non-hydrogen) atoms. The first kappa shape index (κ1) is 14.8. The maximum atomic E-state index is 6.05. The lowest BCUT2D eigenvalue weighted by Crippen LogP contribution is -2.30. The van der Waals surface area contributed by atoms with Crippen molar-refractivity contribution in [3.8, 4) is 0 Å². The van der Waals surface area contributed by atoms with Gasteiger partial charge >= 0.3 is 0 Å². The number of hydrogen-bond donors (Lipinski definition) is 1. The fraction of sp³-hybridized carbons (Fsp3) is 0.571. The summed E-state index contributed by atoms with van der Waals surface area (Å²) >= 11 is 12.0. The highest BCUT2D eigenvalue weighted by atomic mass is 35.5. The van der Waals surface area contributed by atoms with Gasteiger partial charge in [0.1, 0.15) is 0 Å². The highest BCUT2D eigenvalue weighted by molar-refractivity contribution is 6.42. The Bertz CT molecular complexity index is 352. The van der Waals surface area contributed by atoms with E-state index in [-0.39, 0.29) is 0 Å². The van der Waals surface area contributed by atoms with Crippen LogP contribution in [-0.2, 0) is 0 Å². The van der Waals surface area contributed by atoms with Crippen molar-refractivity contribution in [3.05, 3.63) is 33.8 Å². The minimum atomic E-state index is 0.353. The molecule has 0 saturated heterocycles. The normalized spacial score (nSPS) is 14.6. The molecule has 96 valence electrons. The lowest BCUT2D eigenvalue weighted by atomic mass is 10.0. The molecule has 0 heterocycles. The number of nitrogens with one attached hydrogen (secondary N) is 1. The third-order valence-electron chi connectivity index (χ3n) is 2.96. The second kappa shape index (κ2) is 7.25. The summed E-state index contributed by atoms with van der Waals surface area (Å²) in [6, 6.07) is 6.76. The highest BCUT2D eigenvalue weighted by Gasteiger charge is 2.13. The smallest absolute Gasteiger partial charge is 0.0595 e. The highest BCUT2D eigenvalue weighted by Crippen LogP contribution is 2.27. The predicted octanol–water partition coefficient (Wildman–Crippen LogP) is 5.22. The molecular formula is C14H21Cl2N. The van der Waals surface area contributed by atoms with Crippen LogP contribution in [0.1, 0.15) is 51.6 Å². The fourth-order valence-electron chi connectivity index (χ4n) is 2.04. The molecule has 1 aromatic rings. The van der Waals surface area contributed by atoms with E-state index in [2.05, 4.69) is 26.1 Å². The number of benzene rings is 1. The molecule has 0 bridgehead atoms. The van der Waals surface area contributed by atoms with Crippen LogP contribution in [0.3, 0.4) is 0 Å². The van der Waals surface area contributed by atoms with Crippen LogP contribution in [0.5, 0.6) is 0 Å². The third kappa shape index (κ3) is 4.50. The fourth-order valence-corrected chi connectivity index (χ4v) is 2.35. The van der Waals surface area contributed by atoms with Crippen molar-refractivity contribution < 1.29 is 0 Å². The zero-order valence-electron chi connectivity index (χ0n) is 10.8. The molecule has 1 N–H and O–H groups in total. The predicted molar refractivity (Wildman–Crippen MR) is 77.0 cm³/mol. The molecule has 0 aromatic heterocycles. The summed E-state index contributed by atoms with van der Waals surface area (Å²) in [5.74, 6) is 0. The van der Waals surface area contributed by atoms with Crippen LogP contribution in [0.4, 0.5) is 0 Å². The Morgan fingerprint density at radius 2 is 1.88 bits per heavy atom. The number of hydrogen-bond acceptors (Lipinski definition) is 1. The largest absolute Gasteiger partial charge is 0.307 e. The van der Waals surface area contributed by atoms with Crippen LogP contribution in [-0.4, -0.2) is 6.04 Å². The molecular weight excluding hydrogens is 253 g/mol. The SMILES string of the molecule is CCCC(C)NC(CC)c1ccc(Cl)c(Cl)c1. The summed E-state index contributed by atoms with van der Waals surface area (Å²) in [6.45, 7) is 6.61. The van der Waals surface area contributed by atoms with Crippen molar-refractivity contribution in [1.82, 2.24) is 5.32 Å². The third-order valence-corrected chi connectivity index (χ3v) is 3.70. The van der Waals surface area contributed by atoms with Crippen molar-refractivity contribution >= 4 is 23.2 Å². The number of halogens is 2. The number of rotatable bonds is 6. The minimum Gasteiger partial charge on any atom is -0.307 e. The van der Waals surface area contributed by atoms with Crippen LogP contribution in [0, 0.1) is 0 Å². The summed E-state index contributed by atoms with van der Waals surface area (Å²) in [7, 11) is 0. The summed E-state index contributed by atoms with van der Waals surface area (Å²) in [5.41, 5.74) is 1.21. The molecule has 3 heteroatoms. The molecule has 1 rings (SSSR count). The Morgan fingerprint density at radius 1 is 1.18 bits per heavy atom. The second-order valence-corrected chi connectivity index (χ2v) is 5.31. The summed E-state index contributed by atoms with van der Waals surface area (Å²) in [4.78, 5) is 0. The van der Waals surface area contributed by atoms with Crippen LogP contribution >= 0.6 is 23.2 Å². The first-order valence-corrected chi connectivity index (χ1v) is 7.05. The lowest BCUT2D eigenvalue weighted by Gasteiger charge is -2.22. The monoisotopic (exact) mass is 273 g/mol. The van der Waals surface area contributed by atoms with Crippen LogP contribution < -0.4 is 5.32 Å². The molecule has 1 aromatic carbocycles. The standard InChI is InChI=1S/C14H21Cl2N/c1-4-6-10(3)17-14(5-2)11-7-8-12(15)13(16)9-11/h7-10,14,17H,4-6H2,1-3H3. The Balaban J connectivity index is 2.75. The van der Waals surface area contributed by atoms with Gasteiger partial charge < -0.3 is 5.32 Å². The molecule has 0 spiro atoms. The van der Waals surface area contributed by atoms with Gasteiger partial charge in [0, 0.05) is 12.1 Å². The zero-order valence-corrected chi connectivity index (χ0v) is 12.3. The quantitative estimate of drug-likeness (QED) is 0.749. The lowest BCUT2D eigenvalue weighted by molar-refractivity contribution is 0.424. The van der Waals surface area contributed by atoms with Gasteiger partial charge in [-0.2, -0.15) is 0 Å². The van der Waals surface area contributed by atoms with E-state index in [0.29, 0.717) is 22.1 Å². The van der Waals surface area contributed by atoms with Crippen LogP contribution in [0.2, 0.25) is 10.0 Å². The average Bonchev–Trinajstić information content (AvgIpc) is 2.30. The maximum Gasteiger partial charge on any atom is 0.0595 e. The van der Waals surface area contributed by atoms with Crippen molar-refractivity contribution in [1.29, 1.82) is 0 Å². The molecule has 0 amide bonds. The average molecular weight is 274 g/mol. The van der Waals surface area contributed by atoms with Gasteiger partial charge in [-0.3, -0.25) is 0 Å². The summed E-state index contributed by atoms with van der Waals surface area (Å²) < 4.78 is 0. The van der Waals surface area contributed by atoms with Gasteiger partial charge in [-0.25, -0.2) is 0 Å². The van der Waals surface area contributed by atoms with E-state index >= 15 is 0 Å². The van der Waals surface area contributed by atoms with Crippen molar-refractivity contribution in [2.45, 2.75) is 52.1 Å². The van der Waals surface area contributed by atoms with E-state index in [9.17, 15) is 0 Å². The van der Waals surface area contributed by atoms with Gasteiger partial charge in [0.05, 0.1) is 10.0 Å². The Kier molecular flexibility index (Phi) is 6.32.